The molecule has 0 fully saturated rings. The van der Waals surface area contributed by atoms with Crippen LogP contribution in [0.3, 0.4) is 0 Å². The molecule has 0 unspecified atom stereocenters. The van der Waals surface area contributed by atoms with E-state index < -0.39 is 0 Å². The maximum absolute atomic E-state index is 2.18. The van der Waals surface area contributed by atoms with Crippen molar-refractivity contribution < 1.29 is 0 Å². The Balaban J connectivity index is 1.97. The first-order chi connectivity index (χ1) is 1.91. The molecule has 2 heteroatoms. The van der Waals surface area contributed by atoms with E-state index in [4.69, 9.17) is 0 Å². The van der Waals surface area contributed by atoms with Crippen LogP contribution in [0.2, 0.25) is 0 Å². The summed E-state index contributed by atoms with van der Waals surface area (Å²) in [4.78, 5) is 0. The van der Waals surface area contributed by atoms with Crippen LogP contribution < -0.4 is 0 Å². The van der Waals surface area contributed by atoms with Gasteiger partial charge >= 0.3 is 42.8 Å². The van der Waals surface area contributed by atoms with Gasteiger partial charge in [0.15, 0.2) is 0 Å². The third kappa shape index (κ3) is 3.15. The molecule has 0 aromatic heterocycles. The molecule has 0 atom stereocenters. The average molecular weight is 181 g/mol. The average Bonchev–Trinajstić information content (AvgIpc) is 1.37. The monoisotopic (exact) mass is 182 g/mol. The molecule has 4 heavy (non-hydrogen) atoms. The molecule has 0 saturated carbocycles. The van der Waals surface area contributed by atoms with E-state index in [1.165, 1.54) is 26.9 Å². The van der Waals surface area contributed by atoms with Crippen molar-refractivity contribution in [3.63, 3.8) is 0 Å². The Labute approximate surface area is 42.9 Å². The van der Waals surface area contributed by atoms with E-state index in [0.717, 1.165) is 0 Å². The Morgan fingerprint density at radius 2 is 2.25 bits per heavy atom. The minimum atomic E-state index is 1.29. The summed E-state index contributed by atoms with van der Waals surface area (Å²) in [6, 6.07) is 0. The van der Waals surface area contributed by atoms with Gasteiger partial charge in [0.1, 0.15) is 0 Å². The van der Waals surface area contributed by atoms with Crippen LogP contribution >= 0.6 is 8.95 Å². The summed E-state index contributed by atoms with van der Waals surface area (Å²) in [5, 5.41) is 0. The maximum atomic E-state index is 2.18. The second-order valence-corrected chi connectivity index (χ2v) is 4.22. The molecular formula is C2H6SSn. The molecule has 24 valence electrons. The number of hydrogen-bond acceptors (Lipinski definition) is 1. The summed E-state index contributed by atoms with van der Waals surface area (Å²) in [6.45, 7) is 2.18. The van der Waals surface area contributed by atoms with E-state index in [-0.39, 0.29) is 0 Å². The summed E-state index contributed by atoms with van der Waals surface area (Å²) in [5.41, 5.74) is 0. The number of hydrogen-bond donors (Lipinski definition) is 0. The topological polar surface area (TPSA) is 0 Å². The minimum absolute atomic E-state index is 1.29. The molecule has 0 aromatic carbocycles. The molecule has 2 radical (unpaired) electrons. The van der Waals surface area contributed by atoms with Gasteiger partial charge in [-0.2, -0.15) is 0 Å². The standard InChI is InChI=1S/C2H6S.Sn.H/c1-2-3;;/h3H,2H2,1H3;;/q;+1;/p-1. The van der Waals surface area contributed by atoms with Gasteiger partial charge in [0, 0.05) is 0 Å². The van der Waals surface area contributed by atoms with Gasteiger partial charge in [-0.05, 0) is 0 Å². The first-order valence-electron chi connectivity index (χ1n) is 1.23. The van der Waals surface area contributed by atoms with Crippen molar-refractivity contribution in [3.05, 3.63) is 0 Å². The molecule has 0 heterocycles. The van der Waals surface area contributed by atoms with Gasteiger partial charge in [-0.25, -0.2) is 0 Å². The Hall–Kier alpha value is 1.15. The quantitative estimate of drug-likeness (QED) is 0.532. The fourth-order valence-electron chi connectivity index (χ4n) is 0. The second kappa shape index (κ2) is 4.15. The summed E-state index contributed by atoms with van der Waals surface area (Å²) in [5.74, 6) is 1.29. The summed E-state index contributed by atoms with van der Waals surface area (Å²) in [6.07, 6.45) is 0. The van der Waals surface area contributed by atoms with Crippen molar-refractivity contribution in [3.8, 4) is 0 Å². The Bertz CT molecular complexity index is 8.00. The van der Waals surface area contributed by atoms with Crippen LogP contribution in [-0.2, 0) is 0 Å². The van der Waals surface area contributed by atoms with Crippen LogP contribution in [-0.4, -0.2) is 26.9 Å². The van der Waals surface area contributed by atoms with E-state index in [0.29, 0.717) is 0 Å². The molecule has 0 saturated heterocycles. The first kappa shape index (κ1) is 5.15. The van der Waals surface area contributed by atoms with Gasteiger partial charge in [0.25, 0.3) is 0 Å². The van der Waals surface area contributed by atoms with Gasteiger partial charge in [0.2, 0.25) is 0 Å². The van der Waals surface area contributed by atoms with Crippen molar-refractivity contribution in [2.45, 2.75) is 6.92 Å². The van der Waals surface area contributed by atoms with E-state index >= 15 is 0 Å². The normalized spacial score (nSPS) is 7.50. The van der Waals surface area contributed by atoms with Crippen LogP contribution in [0, 0.1) is 0 Å². The van der Waals surface area contributed by atoms with Crippen molar-refractivity contribution in [1.29, 1.82) is 0 Å². The van der Waals surface area contributed by atoms with Crippen molar-refractivity contribution >= 4 is 30.1 Å². The zero-order chi connectivity index (χ0) is 3.41. The van der Waals surface area contributed by atoms with E-state index in [1.807, 2.05) is 8.95 Å². The van der Waals surface area contributed by atoms with E-state index in [9.17, 15) is 0 Å². The van der Waals surface area contributed by atoms with E-state index in [2.05, 4.69) is 6.92 Å². The Kier molecular flexibility index (Phi) is 5.34. The molecule has 0 bridgehead atoms. The van der Waals surface area contributed by atoms with Crippen LogP contribution in [0.1, 0.15) is 6.92 Å². The van der Waals surface area contributed by atoms with Crippen molar-refractivity contribution in [2.24, 2.45) is 0 Å². The van der Waals surface area contributed by atoms with Crippen LogP contribution in [0.15, 0.2) is 0 Å². The number of rotatable bonds is 1. The summed E-state index contributed by atoms with van der Waals surface area (Å²) in [7, 11) is 1.99. The Morgan fingerprint density at radius 3 is 2.25 bits per heavy atom. The fraction of sp³-hybridized carbons (Fsp3) is 1.00. The SMILES string of the molecule is CC[S][SnH]. The molecule has 0 N–H and O–H groups in total. The summed E-state index contributed by atoms with van der Waals surface area (Å²) >= 11 is 1.36. The molecule has 0 aliphatic rings. The molecular weight excluding hydrogens is 175 g/mol. The fourth-order valence-corrected chi connectivity index (χ4v) is 0. The molecule has 0 spiro atoms. The molecule has 0 amide bonds. The van der Waals surface area contributed by atoms with Crippen molar-refractivity contribution in [1.82, 2.24) is 0 Å². The third-order valence-corrected chi connectivity index (χ3v) is 3.35. The predicted molar refractivity (Wildman–Crippen MR) is 25.3 cm³/mol. The molecule has 0 aliphatic carbocycles. The molecule has 0 aliphatic heterocycles. The zero-order valence-electron chi connectivity index (χ0n) is 2.69. The summed E-state index contributed by atoms with van der Waals surface area (Å²) < 4.78 is 0. The second-order valence-electron chi connectivity index (χ2n) is 0.455. The molecule has 0 rings (SSSR count). The van der Waals surface area contributed by atoms with Crippen molar-refractivity contribution in [2.75, 3.05) is 5.75 Å². The van der Waals surface area contributed by atoms with Crippen LogP contribution in [0.25, 0.3) is 0 Å². The van der Waals surface area contributed by atoms with Gasteiger partial charge in [-0.3, -0.25) is 0 Å². The van der Waals surface area contributed by atoms with E-state index in [1.54, 1.807) is 0 Å². The van der Waals surface area contributed by atoms with Crippen LogP contribution in [0.4, 0.5) is 0 Å². The Morgan fingerprint density at radius 1 is 2.00 bits per heavy atom. The molecule has 0 aromatic rings. The van der Waals surface area contributed by atoms with Crippen LogP contribution in [0.5, 0.6) is 0 Å². The van der Waals surface area contributed by atoms with Gasteiger partial charge in [0.05, 0.1) is 0 Å². The first-order valence-corrected chi connectivity index (χ1v) is 6.32. The van der Waals surface area contributed by atoms with Gasteiger partial charge in [-0.15, -0.1) is 0 Å². The third-order valence-electron chi connectivity index (χ3n) is 0.167. The van der Waals surface area contributed by atoms with Gasteiger partial charge < -0.3 is 0 Å². The van der Waals surface area contributed by atoms with Gasteiger partial charge in [-0.1, -0.05) is 0 Å². The zero-order valence-corrected chi connectivity index (χ0v) is 6.80. The molecule has 0 nitrogen and oxygen atoms in total. The predicted octanol–water partition coefficient (Wildman–Crippen LogP) is 0.555.